The summed E-state index contributed by atoms with van der Waals surface area (Å²) in [6.45, 7) is 2.60. The van der Waals surface area contributed by atoms with Gasteiger partial charge in [0, 0.05) is 31.6 Å². The number of carbonyl (C=O) groups is 1. The minimum atomic E-state index is -0.486. The van der Waals surface area contributed by atoms with E-state index < -0.39 is 4.92 Å². The molecule has 0 aromatic heterocycles. The maximum absolute atomic E-state index is 11.8. The van der Waals surface area contributed by atoms with Crippen LogP contribution in [0.4, 0.5) is 11.4 Å². The first-order valence-corrected chi connectivity index (χ1v) is 7.84. The van der Waals surface area contributed by atoms with E-state index in [1.54, 1.807) is 6.92 Å². The van der Waals surface area contributed by atoms with Gasteiger partial charge in [0.15, 0.2) is 0 Å². The fourth-order valence-corrected chi connectivity index (χ4v) is 2.57. The molecule has 6 nitrogen and oxygen atoms in total. The predicted molar refractivity (Wildman–Crippen MR) is 94.2 cm³/mol. The molecule has 1 amide bonds. The molecule has 0 fully saturated rings. The third-order valence-electron chi connectivity index (χ3n) is 3.47. The van der Waals surface area contributed by atoms with Gasteiger partial charge in [-0.2, -0.15) is 0 Å². The highest BCUT2D eigenvalue weighted by Gasteiger charge is 2.13. The van der Waals surface area contributed by atoms with Crippen molar-refractivity contribution in [3.8, 4) is 0 Å². The topological polar surface area (TPSA) is 84.3 Å². The number of nitrogens with zero attached hydrogens (tertiary/aromatic N) is 1. The van der Waals surface area contributed by atoms with Gasteiger partial charge in [0.1, 0.15) is 0 Å². The van der Waals surface area contributed by atoms with Crippen LogP contribution in [-0.2, 0) is 11.3 Å². The lowest BCUT2D eigenvalue weighted by atomic mass is 10.1. The molecule has 0 aliphatic carbocycles. The molecule has 2 aromatic rings. The van der Waals surface area contributed by atoms with Gasteiger partial charge in [-0.05, 0) is 18.1 Å². The molecule has 0 unspecified atom stereocenters. The number of amides is 1. The third-order valence-corrected chi connectivity index (χ3v) is 3.77. The average molecular weight is 348 g/mol. The number of non-ortho nitro benzene ring substituents is 1. The Kier molecular flexibility index (Phi) is 6.14. The molecule has 0 saturated heterocycles. The minimum absolute atomic E-state index is 0.0522. The van der Waals surface area contributed by atoms with Crippen LogP contribution in [0.3, 0.4) is 0 Å². The van der Waals surface area contributed by atoms with Crippen molar-refractivity contribution in [1.82, 2.24) is 5.32 Å². The smallest absolute Gasteiger partial charge is 0.271 e. The van der Waals surface area contributed by atoms with E-state index in [9.17, 15) is 14.9 Å². The van der Waals surface area contributed by atoms with Crippen molar-refractivity contribution in [3.63, 3.8) is 0 Å². The van der Waals surface area contributed by atoms with Crippen molar-refractivity contribution in [3.05, 3.63) is 68.7 Å². The molecule has 0 radical (unpaired) electrons. The predicted octanol–water partition coefficient (Wildman–Crippen LogP) is 3.68. The van der Waals surface area contributed by atoms with Crippen LogP contribution < -0.4 is 10.6 Å². The maximum Gasteiger partial charge on any atom is 0.271 e. The molecule has 7 heteroatoms. The van der Waals surface area contributed by atoms with E-state index in [0.29, 0.717) is 24.3 Å². The van der Waals surface area contributed by atoms with Gasteiger partial charge in [-0.3, -0.25) is 14.9 Å². The van der Waals surface area contributed by atoms with E-state index in [1.807, 2.05) is 30.3 Å². The van der Waals surface area contributed by atoms with Gasteiger partial charge in [0.05, 0.1) is 15.6 Å². The second-order valence-corrected chi connectivity index (χ2v) is 5.72. The highest BCUT2D eigenvalue weighted by molar-refractivity contribution is 6.33. The molecule has 0 aliphatic rings. The molecule has 0 aliphatic heterocycles. The molecule has 0 heterocycles. The van der Waals surface area contributed by atoms with Crippen LogP contribution >= 0.6 is 11.6 Å². The molecular weight excluding hydrogens is 330 g/mol. The lowest BCUT2D eigenvalue weighted by molar-refractivity contribution is -0.384. The van der Waals surface area contributed by atoms with Crippen molar-refractivity contribution in [1.29, 1.82) is 0 Å². The number of anilines is 1. The molecule has 126 valence electrons. The lowest BCUT2D eigenvalue weighted by Gasteiger charge is -2.11. The summed E-state index contributed by atoms with van der Waals surface area (Å²) in [5, 5.41) is 17.0. The molecule has 2 N–H and O–H groups in total. The van der Waals surface area contributed by atoms with Crippen LogP contribution in [0.25, 0.3) is 0 Å². The number of benzene rings is 2. The van der Waals surface area contributed by atoms with Crippen molar-refractivity contribution >= 4 is 28.9 Å². The fraction of sp³-hybridized carbons (Fsp3) is 0.235. The average Bonchev–Trinajstić information content (AvgIpc) is 2.56. The van der Waals surface area contributed by atoms with Crippen molar-refractivity contribution < 1.29 is 9.72 Å². The first kappa shape index (κ1) is 17.7. The van der Waals surface area contributed by atoms with Gasteiger partial charge in [-0.1, -0.05) is 41.9 Å². The Morgan fingerprint density at radius 2 is 1.96 bits per heavy atom. The van der Waals surface area contributed by atoms with Crippen LogP contribution in [0.15, 0.2) is 42.5 Å². The van der Waals surface area contributed by atoms with E-state index in [0.717, 1.165) is 5.56 Å². The summed E-state index contributed by atoms with van der Waals surface area (Å²) in [7, 11) is 0. The summed E-state index contributed by atoms with van der Waals surface area (Å²) < 4.78 is 0. The maximum atomic E-state index is 11.8. The standard InChI is InChI=1S/C17H18ClN3O3/c1-12-9-14(21(23)24)10-15(18)17(12)19-8-7-16(22)20-11-13-5-3-2-4-6-13/h2-6,9-10,19H,7-8,11H2,1H3,(H,20,22). The first-order valence-electron chi connectivity index (χ1n) is 7.46. The Hall–Kier alpha value is -2.60. The largest absolute Gasteiger partial charge is 0.383 e. The first-order chi connectivity index (χ1) is 11.5. The zero-order valence-electron chi connectivity index (χ0n) is 13.2. The summed E-state index contributed by atoms with van der Waals surface area (Å²) >= 11 is 6.07. The quantitative estimate of drug-likeness (QED) is 0.591. The number of nitro groups is 1. The summed E-state index contributed by atoms with van der Waals surface area (Å²) in [5.74, 6) is -0.0814. The number of aryl methyl sites for hydroxylation is 1. The van der Waals surface area contributed by atoms with Crippen LogP contribution in [-0.4, -0.2) is 17.4 Å². The van der Waals surface area contributed by atoms with E-state index >= 15 is 0 Å². The van der Waals surface area contributed by atoms with Gasteiger partial charge in [-0.15, -0.1) is 0 Å². The van der Waals surface area contributed by atoms with E-state index in [2.05, 4.69) is 10.6 Å². The Labute approximate surface area is 145 Å². The summed E-state index contributed by atoms with van der Waals surface area (Å²) in [5.41, 5.74) is 2.26. The molecule has 2 rings (SSSR count). The number of rotatable bonds is 7. The SMILES string of the molecule is Cc1cc([N+](=O)[O-])cc(Cl)c1NCCC(=O)NCc1ccccc1. The minimum Gasteiger partial charge on any atom is -0.383 e. The molecule has 0 atom stereocenters. The van der Waals surface area contributed by atoms with Gasteiger partial charge in [0.25, 0.3) is 5.69 Å². The van der Waals surface area contributed by atoms with Crippen molar-refractivity contribution in [2.24, 2.45) is 0 Å². The second-order valence-electron chi connectivity index (χ2n) is 5.32. The molecule has 0 bridgehead atoms. The number of hydrogen-bond donors (Lipinski definition) is 2. The monoisotopic (exact) mass is 347 g/mol. The number of halogens is 1. The van der Waals surface area contributed by atoms with Crippen LogP contribution in [0.1, 0.15) is 17.5 Å². The van der Waals surface area contributed by atoms with Crippen molar-refractivity contribution in [2.75, 3.05) is 11.9 Å². The summed E-state index contributed by atoms with van der Waals surface area (Å²) in [4.78, 5) is 22.1. The number of hydrogen-bond acceptors (Lipinski definition) is 4. The second kappa shape index (κ2) is 8.31. The lowest BCUT2D eigenvalue weighted by Crippen LogP contribution is -2.25. The van der Waals surface area contributed by atoms with Gasteiger partial charge in [-0.25, -0.2) is 0 Å². The summed E-state index contributed by atoms with van der Waals surface area (Å²) in [6.07, 6.45) is 0.277. The van der Waals surface area contributed by atoms with E-state index in [-0.39, 0.29) is 23.0 Å². The summed E-state index contributed by atoms with van der Waals surface area (Å²) in [6, 6.07) is 12.4. The van der Waals surface area contributed by atoms with Crippen molar-refractivity contribution in [2.45, 2.75) is 19.9 Å². The van der Waals surface area contributed by atoms with Gasteiger partial charge < -0.3 is 10.6 Å². The Balaban J connectivity index is 1.83. The number of carbonyl (C=O) groups excluding carboxylic acids is 1. The highest BCUT2D eigenvalue weighted by Crippen LogP contribution is 2.30. The molecule has 24 heavy (non-hydrogen) atoms. The molecular formula is C17H18ClN3O3. The molecule has 0 saturated carbocycles. The van der Waals surface area contributed by atoms with Crippen LogP contribution in [0.5, 0.6) is 0 Å². The fourth-order valence-electron chi connectivity index (χ4n) is 2.24. The Bertz CT molecular complexity index is 712. The molecule has 2 aromatic carbocycles. The van der Waals surface area contributed by atoms with Crippen LogP contribution in [0.2, 0.25) is 5.02 Å². The number of nitrogens with one attached hydrogen (secondary N) is 2. The number of nitro benzene ring substituents is 1. The molecule has 0 spiro atoms. The zero-order chi connectivity index (χ0) is 17.5. The highest BCUT2D eigenvalue weighted by atomic mass is 35.5. The van der Waals surface area contributed by atoms with Crippen LogP contribution in [0, 0.1) is 17.0 Å². The zero-order valence-corrected chi connectivity index (χ0v) is 14.0. The third kappa shape index (κ3) is 4.96. The van der Waals surface area contributed by atoms with Gasteiger partial charge >= 0.3 is 0 Å². The normalized spacial score (nSPS) is 10.2. The Morgan fingerprint density at radius 3 is 2.58 bits per heavy atom. The Morgan fingerprint density at radius 1 is 1.25 bits per heavy atom. The van der Waals surface area contributed by atoms with Gasteiger partial charge in [0.2, 0.25) is 5.91 Å². The van der Waals surface area contributed by atoms with E-state index in [4.69, 9.17) is 11.6 Å². The van der Waals surface area contributed by atoms with E-state index in [1.165, 1.54) is 12.1 Å².